The highest BCUT2D eigenvalue weighted by atomic mass is 32.2. The van der Waals surface area contributed by atoms with Gasteiger partial charge in [-0.1, -0.05) is 0 Å². The summed E-state index contributed by atoms with van der Waals surface area (Å²) in [6.45, 7) is 0.621. The minimum atomic E-state index is -0.327. The van der Waals surface area contributed by atoms with Crippen molar-refractivity contribution in [3.05, 3.63) is 48.4 Å². The van der Waals surface area contributed by atoms with Crippen LogP contribution in [0.15, 0.2) is 47.6 Å². The molecule has 0 radical (unpaired) electrons. The zero-order chi connectivity index (χ0) is 13.9. The van der Waals surface area contributed by atoms with E-state index < -0.39 is 0 Å². The van der Waals surface area contributed by atoms with E-state index in [0.29, 0.717) is 12.2 Å². The molecule has 0 fully saturated rings. The molecule has 20 heavy (non-hydrogen) atoms. The van der Waals surface area contributed by atoms with E-state index in [9.17, 15) is 9.18 Å². The predicted molar refractivity (Wildman–Crippen MR) is 77.7 cm³/mol. The Bertz CT molecular complexity index is 633. The van der Waals surface area contributed by atoms with Crippen LogP contribution in [0, 0.1) is 5.82 Å². The second-order valence-corrected chi connectivity index (χ2v) is 5.35. The number of pyridine rings is 1. The second kappa shape index (κ2) is 5.50. The van der Waals surface area contributed by atoms with E-state index in [1.54, 1.807) is 22.9 Å². The van der Waals surface area contributed by atoms with Gasteiger partial charge >= 0.3 is 6.03 Å². The summed E-state index contributed by atoms with van der Waals surface area (Å²) in [5.41, 5.74) is 1.38. The Kier molecular flexibility index (Phi) is 3.56. The Hall–Kier alpha value is -2.08. The Morgan fingerprint density at radius 3 is 2.90 bits per heavy atom. The molecule has 2 heterocycles. The molecule has 3 rings (SSSR count). The number of anilines is 2. The highest BCUT2D eigenvalue weighted by molar-refractivity contribution is 7.99. The first-order valence-electron chi connectivity index (χ1n) is 6.16. The van der Waals surface area contributed by atoms with Crippen LogP contribution in [-0.4, -0.2) is 23.3 Å². The number of hydrogen-bond acceptors (Lipinski definition) is 3. The molecule has 2 aromatic rings. The van der Waals surface area contributed by atoms with Gasteiger partial charge in [0, 0.05) is 24.2 Å². The lowest BCUT2D eigenvalue weighted by Gasteiger charge is -2.28. The van der Waals surface area contributed by atoms with Crippen molar-refractivity contribution >= 4 is 29.2 Å². The van der Waals surface area contributed by atoms with Crippen LogP contribution in [0.2, 0.25) is 0 Å². The molecule has 6 heteroatoms. The second-order valence-electron chi connectivity index (χ2n) is 4.26. The fourth-order valence-electron chi connectivity index (χ4n) is 1.99. The molecule has 1 aromatic heterocycles. The van der Waals surface area contributed by atoms with E-state index in [4.69, 9.17) is 0 Å². The van der Waals surface area contributed by atoms with Crippen LogP contribution in [0.4, 0.5) is 20.6 Å². The smallest absolute Gasteiger partial charge is 0.308 e. The molecule has 1 aliphatic heterocycles. The molecule has 0 atom stereocenters. The van der Waals surface area contributed by atoms with Gasteiger partial charge in [0.25, 0.3) is 0 Å². The molecule has 4 nitrogen and oxygen atoms in total. The monoisotopic (exact) mass is 289 g/mol. The van der Waals surface area contributed by atoms with Gasteiger partial charge in [0.15, 0.2) is 0 Å². The van der Waals surface area contributed by atoms with Crippen molar-refractivity contribution in [1.29, 1.82) is 0 Å². The van der Waals surface area contributed by atoms with Gasteiger partial charge in [-0.2, -0.15) is 0 Å². The molecule has 0 saturated heterocycles. The van der Waals surface area contributed by atoms with Crippen molar-refractivity contribution in [2.75, 3.05) is 22.5 Å². The van der Waals surface area contributed by atoms with E-state index in [2.05, 4.69) is 10.3 Å². The number of rotatable bonds is 1. The first kappa shape index (κ1) is 12.9. The Labute approximate surface area is 120 Å². The maximum Gasteiger partial charge on any atom is 0.326 e. The standard InChI is InChI=1S/C14H12FN3OS/c15-10-3-5-11(6-4-10)17-14(19)18-8-9-20-13-12(18)2-1-7-16-13/h1-7H,8-9H2,(H,17,19). The number of hydrogen-bond donors (Lipinski definition) is 1. The van der Waals surface area contributed by atoms with Crippen molar-refractivity contribution < 1.29 is 9.18 Å². The van der Waals surface area contributed by atoms with Crippen LogP contribution in [-0.2, 0) is 0 Å². The summed E-state index contributed by atoms with van der Waals surface area (Å²) < 4.78 is 12.8. The number of nitrogens with one attached hydrogen (secondary N) is 1. The average molecular weight is 289 g/mol. The van der Waals surface area contributed by atoms with Gasteiger partial charge in [-0.15, -0.1) is 11.8 Å². The number of fused-ring (bicyclic) bond motifs is 1. The zero-order valence-corrected chi connectivity index (χ0v) is 11.4. The van der Waals surface area contributed by atoms with Crippen LogP contribution in [0.5, 0.6) is 0 Å². The van der Waals surface area contributed by atoms with Gasteiger partial charge < -0.3 is 5.32 Å². The number of carbonyl (C=O) groups is 1. The predicted octanol–water partition coefficient (Wildman–Crippen LogP) is 3.36. The summed E-state index contributed by atoms with van der Waals surface area (Å²) in [6.07, 6.45) is 1.72. The fourth-order valence-corrected chi connectivity index (χ4v) is 2.92. The third-order valence-corrected chi connectivity index (χ3v) is 3.91. The Morgan fingerprint density at radius 1 is 1.30 bits per heavy atom. The quantitative estimate of drug-likeness (QED) is 0.875. The number of halogens is 1. The van der Waals surface area contributed by atoms with Crippen LogP contribution >= 0.6 is 11.8 Å². The van der Waals surface area contributed by atoms with Crippen LogP contribution < -0.4 is 10.2 Å². The summed E-state index contributed by atoms with van der Waals surface area (Å²) in [6, 6.07) is 9.16. The molecule has 1 aromatic carbocycles. The van der Waals surface area contributed by atoms with Crippen molar-refractivity contribution in [3.8, 4) is 0 Å². The van der Waals surface area contributed by atoms with Crippen LogP contribution in [0.1, 0.15) is 0 Å². The molecule has 0 bridgehead atoms. The van der Waals surface area contributed by atoms with Gasteiger partial charge in [-0.25, -0.2) is 14.2 Å². The minimum absolute atomic E-state index is 0.230. The van der Waals surface area contributed by atoms with Gasteiger partial charge in [0.1, 0.15) is 10.8 Å². The fraction of sp³-hybridized carbons (Fsp3) is 0.143. The van der Waals surface area contributed by atoms with Crippen LogP contribution in [0.25, 0.3) is 0 Å². The van der Waals surface area contributed by atoms with Gasteiger partial charge in [-0.3, -0.25) is 4.90 Å². The van der Waals surface area contributed by atoms with Crippen molar-refractivity contribution in [2.24, 2.45) is 0 Å². The minimum Gasteiger partial charge on any atom is -0.308 e. The van der Waals surface area contributed by atoms with E-state index >= 15 is 0 Å². The first-order valence-corrected chi connectivity index (χ1v) is 7.14. The SMILES string of the molecule is O=C(Nc1ccc(F)cc1)N1CCSc2ncccc21. The highest BCUT2D eigenvalue weighted by Gasteiger charge is 2.23. The van der Waals surface area contributed by atoms with Crippen LogP contribution in [0.3, 0.4) is 0 Å². The van der Waals surface area contributed by atoms with Crippen molar-refractivity contribution in [1.82, 2.24) is 4.98 Å². The lowest BCUT2D eigenvalue weighted by atomic mass is 10.3. The van der Waals surface area contributed by atoms with E-state index in [0.717, 1.165) is 16.5 Å². The summed E-state index contributed by atoms with van der Waals surface area (Å²) >= 11 is 1.64. The maximum absolute atomic E-state index is 12.8. The lowest BCUT2D eigenvalue weighted by Crippen LogP contribution is -2.38. The molecule has 1 aliphatic rings. The molecule has 1 N–H and O–H groups in total. The molecule has 0 saturated carbocycles. The third-order valence-electron chi connectivity index (χ3n) is 2.94. The normalized spacial score (nSPS) is 13.8. The van der Waals surface area contributed by atoms with Crippen molar-refractivity contribution in [2.45, 2.75) is 5.03 Å². The van der Waals surface area contributed by atoms with E-state index in [-0.39, 0.29) is 11.8 Å². The first-order chi connectivity index (χ1) is 9.74. The molecular formula is C14H12FN3OS. The molecular weight excluding hydrogens is 277 g/mol. The molecule has 0 spiro atoms. The largest absolute Gasteiger partial charge is 0.326 e. The number of carbonyl (C=O) groups excluding carboxylic acids is 1. The number of thioether (sulfide) groups is 1. The number of urea groups is 1. The summed E-state index contributed by atoms with van der Waals surface area (Å²) in [4.78, 5) is 18.2. The molecule has 2 amide bonds. The Morgan fingerprint density at radius 2 is 2.10 bits per heavy atom. The lowest BCUT2D eigenvalue weighted by molar-refractivity contribution is 0.257. The number of aromatic nitrogens is 1. The highest BCUT2D eigenvalue weighted by Crippen LogP contribution is 2.32. The van der Waals surface area contributed by atoms with Gasteiger partial charge in [0.05, 0.1) is 5.69 Å². The van der Waals surface area contributed by atoms with E-state index in [1.807, 2.05) is 12.1 Å². The topological polar surface area (TPSA) is 45.2 Å². The van der Waals surface area contributed by atoms with Crippen molar-refractivity contribution in [3.63, 3.8) is 0 Å². The Balaban J connectivity index is 1.80. The number of amides is 2. The summed E-state index contributed by atoms with van der Waals surface area (Å²) in [5.74, 6) is 0.479. The average Bonchev–Trinajstić information content (AvgIpc) is 2.49. The summed E-state index contributed by atoms with van der Waals surface area (Å²) in [5, 5.41) is 3.62. The zero-order valence-electron chi connectivity index (χ0n) is 10.5. The van der Waals surface area contributed by atoms with E-state index in [1.165, 1.54) is 24.3 Å². The maximum atomic E-state index is 12.8. The molecule has 0 unspecified atom stereocenters. The third kappa shape index (κ3) is 2.60. The molecule has 0 aliphatic carbocycles. The number of benzene rings is 1. The molecule has 102 valence electrons. The van der Waals surface area contributed by atoms with Gasteiger partial charge in [-0.05, 0) is 36.4 Å². The van der Waals surface area contributed by atoms with Gasteiger partial charge in [0.2, 0.25) is 0 Å². The number of nitrogens with zero attached hydrogens (tertiary/aromatic N) is 2. The summed E-state index contributed by atoms with van der Waals surface area (Å²) in [7, 11) is 0.